The number of hydrogen-bond donors (Lipinski definition) is 1. The second kappa shape index (κ2) is 9.98. The zero-order valence-electron chi connectivity index (χ0n) is 19.0. The summed E-state index contributed by atoms with van der Waals surface area (Å²) in [6.45, 7) is 3.41. The molecule has 7 heteroatoms. The Kier molecular flexibility index (Phi) is 6.65. The van der Waals surface area contributed by atoms with E-state index in [0.29, 0.717) is 11.1 Å². The quantitative estimate of drug-likeness (QED) is 0.429. The molecule has 0 atom stereocenters. The maximum Gasteiger partial charge on any atom is 0.151 e. The zero-order valence-corrected chi connectivity index (χ0v) is 19.8. The summed E-state index contributed by atoms with van der Waals surface area (Å²) >= 11 is 6.48. The Hall–Kier alpha value is -2.83. The largest absolute Gasteiger partial charge is 0.367 e. The molecule has 3 heterocycles. The van der Waals surface area contributed by atoms with Gasteiger partial charge in [0, 0.05) is 42.0 Å². The summed E-state index contributed by atoms with van der Waals surface area (Å²) < 4.78 is 1.92. The van der Waals surface area contributed by atoms with Gasteiger partial charge in [-0.25, -0.2) is 4.98 Å². The Balaban J connectivity index is 1.25. The molecule has 1 saturated heterocycles. The number of piperidine rings is 1. The van der Waals surface area contributed by atoms with Gasteiger partial charge in [0.2, 0.25) is 0 Å². The Morgan fingerprint density at radius 3 is 2.58 bits per heavy atom. The van der Waals surface area contributed by atoms with E-state index in [9.17, 15) is 0 Å². The Labute approximate surface area is 201 Å². The lowest BCUT2D eigenvalue weighted by molar-refractivity contribution is 0.216. The highest BCUT2D eigenvalue weighted by Gasteiger charge is 2.21. The SMILES string of the molecule is Bc1cnn2c(NC3CCN(CCCc4ccccc4)CC3)cc(-c3ccccc3Cl)nc12. The minimum absolute atomic E-state index is 0.421. The summed E-state index contributed by atoms with van der Waals surface area (Å²) in [6, 6.07) is 21.1. The predicted octanol–water partition coefficient (Wildman–Crippen LogP) is 3.82. The molecule has 168 valence electrons. The van der Waals surface area contributed by atoms with Gasteiger partial charge in [-0.05, 0) is 49.3 Å². The Bertz CT molecular complexity index is 1220. The van der Waals surface area contributed by atoms with Crippen molar-refractivity contribution in [2.24, 2.45) is 0 Å². The highest BCUT2D eigenvalue weighted by Crippen LogP contribution is 2.29. The van der Waals surface area contributed by atoms with E-state index in [0.717, 1.165) is 67.1 Å². The minimum Gasteiger partial charge on any atom is -0.367 e. The molecule has 1 aliphatic rings. The van der Waals surface area contributed by atoms with Crippen LogP contribution < -0.4 is 10.8 Å². The summed E-state index contributed by atoms with van der Waals surface area (Å²) in [7, 11) is 2.05. The number of benzene rings is 2. The number of halogens is 1. The van der Waals surface area contributed by atoms with Crippen molar-refractivity contribution in [2.75, 3.05) is 25.0 Å². The number of anilines is 1. The molecule has 1 fully saturated rings. The average molecular weight is 458 g/mol. The van der Waals surface area contributed by atoms with Gasteiger partial charge in [0.15, 0.2) is 5.65 Å². The van der Waals surface area contributed by atoms with Crippen molar-refractivity contribution >= 4 is 36.4 Å². The zero-order chi connectivity index (χ0) is 22.6. The van der Waals surface area contributed by atoms with Crippen molar-refractivity contribution in [1.82, 2.24) is 19.5 Å². The first-order valence-electron chi connectivity index (χ1n) is 11.8. The first-order valence-corrected chi connectivity index (χ1v) is 12.2. The monoisotopic (exact) mass is 457 g/mol. The topological polar surface area (TPSA) is 45.5 Å². The number of rotatable bonds is 7. The fourth-order valence-electron chi connectivity index (χ4n) is 4.64. The van der Waals surface area contributed by atoms with Gasteiger partial charge in [-0.3, -0.25) is 0 Å². The number of nitrogens with one attached hydrogen (secondary N) is 1. The molecular formula is C26H29BClN5. The number of aromatic nitrogens is 3. The van der Waals surface area contributed by atoms with Gasteiger partial charge in [-0.2, -0.15) is 9.61 Å². The number of nitrogens with zero attached hydrogens (tertiary/aromatic N) is 4. The summed E-state index contributed by atoms with van der Waals surface area (Å²) in [6.07, 6.45) is 6.48. The van der Waals surface area contributed by atoms with Gasteiger partial charge >= 0.3 is 0 Å². The fourth-order valence-corrected chi connectivity index (χ4v) is 4.88. The summed E-state index contributed by atoms with van der Waals surface area (Å²) in [4.78, 5) is 7.45. The van der Waals surface area contributed by atoms with Gasteiger partial charge in [0.1, 0.15) is 13.7 Å². The van der Waals surface area contributed by atoms with Crippen molar-refractivity contribution in [1.29, 1.82) is 0 Å². The number of aryl methyl sites for hydroxylation is 1. The van der Waals surface area contributed by atoms with Gasteiger partial charge in [-0.1, -0.05) is 60.1 Å². The molecule has 1 N–H and O–H groups in total. The van der Waals surface area contributed by atoms with Gasteiger partial charge in [0.05, 0.1) is 5.69 Å². The predicted molar refractivity (Wildman–Crippen MR) is 139 cm³/mol. The molecule has 0 amide bonds. The minimum atomic E-state index is 0.421. The molecule has 5 rings (SSSR count). The lowest BCUT2D eigenvalue weighted by atomic mass is 10.0. The third-order valence-corrected chi connectivity index (χ3v) is 6.85. The van der Waals surface area contributed by atoms with Gasteiger partial charge < -0.3 is 10.2 Å². The van der Waals surface area contributed by atoms with Crippen LogP contribution in [0.2, 0.25) is 5.02 Å². The fraction of sp³-hybridized carbons (Fsp3) is 0.308. The molecule has 0 unspecified atom stereocenters. The van der Waals surface area contributed by atoms with Crippen LogP contribution in [0.4, 0.5) is 5.82 Å². The molecule has 0 saturated carbocycles. The summed E-state index contributed by atoms with van der Waals surface area (Å²) in [5.41, 5.74) is 5.17. The van der Waals surface area contributed by atoms with Crippen LogP contribution >= 0.6 is 11.6 Å². The van der Waals surface area contributed by atoms with Crippen LogP contribution in [0.3, 0.4) is 0 Å². The van der Waals surface area contributed by atoms with Crippen molar-refractivity contribution < 1.29 is 0 Å². The maximum absolute atomic E-state index is 6.48. The van der Waals surface area contributed by atoms with Crippen LogP contribution in [0, 0.1) is 0 Å². The van der Waals surface area contributed by atoms with E-state index in [1.807, 2.05) is 42.8 Å². The van der Waals surface area contributed by atoms with Crippen LogP contribution in [-0.2, 0) is 6.42 Å². The molecule has 0 spiro atoms. The first kappa shape index (κ1) is 22.0. The van der Waals surface area contributed by atoms with Crippen LogP contribution in [0.5, 0.6) is 0 Å². The standard InChI is InChI=1S/C26H29BClN5/c27-22-18-29-33-25(17-24(31-26(22)33)21-10-4-5-11-23(21)28)30-20-12-15-32(16-13-20)14-6-9-19-7-2-1-3-8-19/h1-5,7-8,10-11,17-18,20,30H,6,9,12-16,27H2. The lowest BCUT2D eigenvalue weighted by Gasteiger charge is -2.33. The number of likely N-dealkylation sites (tertiary alicyclic amines) is 1. The highest BCUT2D eigenvalue weighted by molar-refractivity contribution is 6.36. The maximum atomic E-state index is 6.48. The smallest absolute Gasteiger partial charge is 0.151 e. The van der Waals surface area contributed by atoms with Crippen molar-refractivity contribution in [3.63, 3.8) is 0 Å². The van der Waals surface area contributed by atoms with Crippen molar-refractivity contribution in [3.05, 3.63) is 77.4 Å². The normalized spacial score (nSPS) is 15.2. The molecular weight excluding hydrogens is 429 g/mol. The first-order chi connectivity index (χ1) is 16.2. The van der Waals surface area contributed by atoms with E-state index < -0.39 is 0 Å². The summed E-state index contributed by atoms with van der Waals surface area (Å²) in [5.74, 6) is 0.977. The van der Waals surface area contributed by atoms with E-state index >= 15 is 0 Å². The highest BCUT2D eigenvalue weighted by atomic mass is 35.5. The van der Waals surface area contributed by atoms with Crippen LogP contribution in [0.15, 0.2) is 66.9 Å². The van der Waals surface area contributed by atoms with Crippen molar-refractivity contribution in [3.8, 4) is 11.3 Å². The average Bonchev–Trinajstić information content (AvgIpc) is 3.22. The van der Waals surface area contributed by atoms with E-state index in [-0.39, 0.29) is 0 Å². The molecule has 0 aliphatic carbocycles. The molecule has 0 radical (unpaired) electrons. The third kappa shape index (κ3) is 5.07. The molecule has 2 aromatic carbocycles. The van der Waals surface area contributed by atoms with Gasteiger partial charge in [-0.15, -0.1) is 0 Å². The molecule has 0 bridgehead atoms. The van der Waals surface area contributed by atoms with E-state index in [2.05, 4.69) is 51.7 Å². The number of fused-ring (bicyclic) bond motifs is 1. The molecule has 4 aromatic rings. The second-order valence-electron chi connectivity index (χ2n) is 8.92. The molecule has 33 heavy (non-hydrogen) atoms. The summed E-state index contributed by atoms with van der Waals surface area (Å²) in [5, 5.41) is 9.04. The third-order valence-electron chi connectivity index (χ3n) is 6.52. The Morgan fingerprint density at radius 2 is 1.79 bits per heavy atom. The van der Waals surface area contributed by atoms with Crippen LogP contribution in [0.1, 0.15) is 24.8 Å². The second-order valence-corrected chi connectivity index (χ2v) is 9.33. The van der Waals surface area contributed by atoms with Crippen LogP contribution in [-0.4, -0.2) is 53.0 Å². The van der Waals surface area contributed by atoms with Crippen molar-refractivity contribution in [2.45, 2.75) is 31.7 Å². The van der Waals surface area contributed by atoms with E-state index in [1.165, 1.54) is 12.0 Å². The number of hydrogen-bond acceptors (Lipinski definition) is 4. The molecule has 5 nitrogen and oxygen atoms in total. The molecule has 1 aliphatic heterocycles. The van der Waals surface area contributed by atoms with E-state index in [4.69, 9.17) is 16.6 Å². The Morgan fingerprint density at radius 1 is 1.03 bits per heavy atom. The van der Waals surface area contributed by atoms with Gasteiger partial charge in [0.25, 0.3) is 0 Å². The van der Waals surface area contributed by atoms with Crippen LogP contribution in [0.25, 0.3) is 16.9 Å². The lowest BCUT2D eigenvalue weighted by Crippen LogP contribution is -2.40. The molecule has 2 aromatic heterocycles. The van der Waals surface area contributed by atoms with E-state index in [1.54, 1.807) is 0 Å².